The normalized spacial score (nSPS) is 14.8. The average Bonchev–Trinajstić information content (AvgIpc) is 2.79. The summed E-state index contributed by atoms with van der Waals surface area (Å²) >= 11 is 0. The highest BCUT2D eigenvalue weighted by Gasteiger charge is 2.44. The van der Waals surface area contributed by atoms with Crippen LogP contribution in [-0.4, -0.2) is 57.3 Å². The van der Waals surface area contributed by atoms with Crippen LogP contribution in [0.1, 0.15) is 110 Å². The van der Waals surface area contributed by atoms with Crippen molar-refractivity contribution in [3.63, 3.8) is 0 Å². The van der Waals surface area contributed by atoms with Crippen molar-refractivity contribution >= 4 is 51.2 Å². The smallest absolute Gasteiger partial charge is 0.315 e. The molecule has 0 fully saturated rings. The zero-order valence-corrected chi connectivity index (χ0v) is 33.3. The molecule has 0 aliphatic carbocycles. The van der Waals surface area contributed by atoms with Gasteiger partial charge in [0.1, 0.15) is 5.78 Å². The van der Waals surface area contributed by atoms with E-state index in [0.29, 0.717) is 32.1 Å². The highest BCUT2D eigenvalue weighted by atomic mass is 28.5. The minimum Gasteiger partial charge on any atom is -0.437 e. The number of unbranched alkanes of at least 4 members (excludes halogenated alkanes) is 7. The quantitative estimate of drug-likeness (QED) is 0.0735. The van der Waals surface area contributed by atoms with E-state index in [1.807, 2.05) is 13.8 Å². The first kappa shape index (κ1) is 41.6. The van der Waals surface area contributed by atoms with Crippen molar-refractivity contribution in [3.8, 4) is 0 Å². The van der Waals surface area contributed by atoms with Crippen LogP contribution >= 0.6 is 0 Å². The van der Waals surface area contributed by atoms with E-state index in [1.165, 1.54) is 25.7 Å². The topological polar surface area (TPSA) is 90.9 Å². The number of amides is 1. The molecular weight excluding hydrogens is 595 g/mol. The second-order valence-electron chi connectivity index (χ2n) is 14.6. The Morgan fingerprint density at radius 1 is 0.595 bits per heavy atom. The minimum atomic E-state index is -2.31. The lowest BCUT2D eigenvalue weighted by Crippen LogP contribution is -2.56. The van der Waals surface area contributed by atoms with Crippen molar-refractivity contribution in [2.24, 2.45) is 0 Å². The Morgan fingerprint density at radius 3 is 1.60 bits per heavy atom. The number of Topliss-reactive ketones (excluding diaryl/α,β-unsaturated/α-hetero) is 2. The molecule has 0 aromatic rings. The highest BCUT2D eigenvalue weighted by molar-refractivity contribution is 6.89. The Balaban J connectivity index is 4.38. The monoisotopic (exact) mass is 661 g/mol. The molecule has 0 bridgehead atoms. The number of carbonyl (C=O) groups is 3. The maximum absolute atomic E-state index is 12.5. The summed E-state index contributed by atoms with van der Waals surface area (Å²) in [6.07, 6.45) is 12.7. The van der Waals surface area contributed by atoms with E-state index >= 15 is 0 Å². The zero-order chi connectivity index (χ0) is 32.5. The van der Waals surface area contributed by atoms with Gasteiger partial charge in [-0.15, -0.1) is 0 Å². The molecule has 0 radical (unpaired) electrons. The van der Waals surface area contributed by atoms with Gasteiger partial charge in [0.15, 0.2) is 22.4 Å². The predicted octanol–water partition coefficient (Wildman–Crippen LogP) is 8.99. The van der Waals surface area contributed by atoms with Gasteiger partial charge in [-0.2, -0.15) is 0 Å². The summed E-state index contributed by atoms with van der Waals surface area (Å²) in [5.74, 6) is 0.148. The van der Waals surface area contributed by atoms with Crippen molar-refractivity contribution in [1.82, 2.24) is 5.32 Å². The summed E-state index contributed by atoms with van der Waals surface area (Å²) in [4.78, 5) is 36.9. The van der Waals surface area contributed by atoms with Gasteiger partial charge >= 0.3 is 17.1 Å². The largest absolute Gasteiger partial charge is 0.437 e. The second-order valence-corrected chi connectivity index (χ2v) is 31.0. The molecular formula is C31H67NO6Si4. The molecule has 0 aliphatic rings. The molecule has 1 N–H and O–H groups in total. The Morgan fingerprint density at radius 2 is 1.10 bits per heavy atom. The van der Waals surface area contributed by atoms with Crippen molar-refractivity contribution in [1.29, 1.82) is 0 Å². The molecule has 0 aromatic carbocycles. The summed E-state index contributed by atoms with van der Waals surface area (Å²) in [6, 6.07) is 0.498. The van der Waals surface area contributed by atoms with E-state index in [0.717, 1.165) is 44.6 Å². The van der Waals surface area contributed by atoms with Crippen LogP contribution in [0.5, 0.6) is 0 Å². The Bertz CT molecular complexity index is 797. The molecule has 2 atom stereocenters. The minimum absolute atomic E-state index is 0.0439. The zero-order valence-electron chi connectivity index (χ0n) is 29.3. The third-order valence-corrected chi connectivity index (χ3v) is 20.3. The molecule has 0 aliphatic heterocycles. The van der Waals surface area contributed by atoms with Gasteiger partial charge in [0.2, 0.25) is 5.91 Å². The molecule has 0 spiro atoms. The van der Waals surface area contributed by atoms with Crippen LogP contribution in [0.15, 0.2) is 0 Å². The number of hydrogen-bond donors (Lipinski definition) is 1. The Kier molecular flexibility index (Phi) is 20.3. The van der Waals surface area contributed by atoms with E-state index < -0.39 is 39.8 Å². The first-order valence-electron chi connectivity index (χ1n) is 16.8. The van der Waals surface area contributed by atoms with Gasteiger partial charge in [-0.1, -0.05) is 58.8 Å². The van der Waals surface area contributed by atoms with E-state index in [-0.39, 0.29) is 17.5 Å². The summed E-state index contributed by atoms with van der Waals surface area (Å²) < 4.78 is 20.0. The number of carbonyl (C=O) groups excluding carboxylic acids is 3. The lowest BCUT2D eigenvalue weighted by molar-refractivity contribution is -0.128. The summed E-state index contributed by atoms with van der Waals surface area (Å²) in [6.45, 7) is 24.0. The molecule has 0 rings (SSSR count). The molecule has 42 heavy (non-hydrogen) atoms. The SMILES string of the molecule is CCCC(=O)CCC(NC(=O)CCCCCCCCCC[Si](C)(O[Si](C)(C)C)O[Si](C)(C)O[Si](C)(C)C)C(=O)CCC. The number of rotatable bonds is 26. The van der Waals surface area contributed by atoms with Crippen LogP contribution in [0.2, 0.25) is 65.0 Å². The standard InChI is InChI=1S/C31H67NO6Si4/c1-12-22-28(33)25-26-29(30(34)23-13-2)32-31(35)24-20-18-16-14-15-17-19-21-27-42(11,37-40(6,7)8)38-41(9,10)36-39(3,4)5/h29H,12-27H2,1-11H3,(H,32,35). The van der Waals surface area contributed by atoms with Crippen molar-refractivity contribution < 1.29 is 26.7 Å². The highest BCUT2D eigenvalue weighted by Crippen LogP contribution is 2.28. The fourth-order valence-electron chi connectivity index (χ4n) is 5.55. The average molecular weight is 662 g/mol. The van der Waals surface area contributed by atoms with Gasteiger partial charge in [-0.25, -0.2) is 0 Å². The lowest BCUT2D eigenvalue weighted by atomic mass is 10.00. The maximum atomic E-state index is 12.5. The molecule has 0 saturated heterocycles. The van der Waals surface area contributed by atoms with Crippen LogP contribution in [0.25, 0.3) is 0 Å². The van der Waals surface area contributed by atoms with Gasteiger partial charge in [-0.3, -0.25) is 14.4 Å². The number of nitrogens with one attached hydrogen (secondary N) is 1. The van der Waals surface area contributed by atoms with Crippen molar-refractivity contribution in [3.05, 3.63) is 0 Å². The molecule has 11 heteroatoms. The van der Waals surface area contributed by atoms with Gasteiger partial charge in [0.05, 0.1) is 6.04 Å². The van der Waals surface area contributed by atoms with Crippen molar-refractivity contribution in [2.45, 2.75) is 181 Å². The molecule has 7 nitrogen and oxygen atoms in total. The molecule has 1 amide bonds. The predicted molar refractivity (Wildman–Crippen MR) is 186 cm³/mol. The first-order chi connectivity index (χ1) is 19.3. The second kappa shape index (κ2) is 20.6. The van der Waals surface area contributed by atoms with Crippen LogP contribution in [-0.2, 0) is 26.7 Å². The number of hydrogen-bond acceptors (Lipinski definition) is 6. The fraction of sp³-hybridized carbons (Fsp3) is 0.903. The molecule has 0 aromatic heterocycles. The Hall–Kier alpha value is -0.442. The van der Waals surface area contributed by atoms with Gasteiger partial charge in [0.25, 0.3) is 0 Å². The maximum Gasteiger partial charge on any atom is 0.315 e. The van der Waals surface area contributed by atoms with Gasteiger partial charge in [-0.05, 0) is 90.7 Å². The van der Waals surface area contributed by atoms with E-state index in [4.69, 9.17) is 12.3 Å². The summed E-state index contributed by atoms with van der Waals surface area (Å²) in [7, 11) is -7.96. The van der Waals surface area contributed by atoms with Gasteiger partial charge in [0, 0.05) is 25.7 Å². The first-order valence-corrected chi connectivity index (χ1v) is 28.9. The van der Waals surface area contributed by atoms with E-state index in [2.05, 4.69) is 64.2 Å². The third-order valence-electron chi connectivity index (χ3n) is 6.78. The van der Waals surface area contributed by atoms with E-state index in [1.54, 1.807) is 0 Å². The fourth-order valence-corrected chi connectivity index (χ4v) is 23.6. The van der Waals surface area contributed by atoms with Gasteiger partial charge < -0.3 is 17.7 Å². The van der Waals surface area contributed by atoms with Crippen molar-refractivity contribution in [2.75, 3.05) is 0 Å². The van der Waals surface area contributed by atoms with Crippen LogP contribution in [0.3, 0.4) is 0 Å². The van der Waals surface area contributed by atoms with E-state index in [9.17, 15) is 14.4 Å². The van der Waals surface area contributed by atoms with Crippen LogP contribution < -0.4 is 5.32 Å². The molecule has 0 saturated carbocycles. The number of ketones is 2. The lowest BCUT2D eigenvalue weighted by Gasteiger charge is -2.41. The summed E-state index contributed by atoms with van der Waals surface area (Å²) in [5, 5.41) is 2.92. The molecule has 248 valence electrons. The van der Waals surface area contributed by atoms with Crippen LogP contribution in [0, 0.1) is 0 Å². The Labute approximate surface area is 263 Å². The summed E-state index contributed by atoms with van der Waals surface area (Å²) in [5.41, 5.74) is 0. The third kappa shape index (κ3) is 23.0. The molecule has 2 unspecified atom stereocenters. The molecule has 0 heterocycles. The van der Waals surface area contributed by atoms with Crippen LogP contribution in [0.4, 0.5) is 0 Å².